The van der Waals surface area contributed by atoms with E-state index in [1.54, 1.807) is 0 Å². The number of hydrogen-bond donors (Lipinski definition) is 1. The smallest absolute Gasteiger partial charge is 0.0792 e. The minimum Gasteiger partial charge on any atom is -0.380 e. The van der Waals surface area contributed by atoms with E-state index in [0.717, 1.165) is 21.8 Å². The zero-order chi connectivity index (χ0) is 43.6. The van der Waals surface area contributed by atoms with E-state index in [1.165, 1.54) is 104 Å². The molecule has 3 nitrogen and oxygen atoms in total. The molecular weight excluding hydrogens is 799 g/mol. The van der Waals surface area contributed by atoms with Crippen LogP contribution in [0.15, 0.2) is 243 Å². The average Bonchev–Trinajstić information content (AvgIpc) is 3.39. The number of pyridine rings is 2. The van der Waals surface area contributed by atoms with Gasteiger partial charge in [-0.2, -0.15) is 0 Å². The molecule has 1 atom stereocenters. The van der Waals surface area contributed by atoms with Crippen molar-refractivity contribution in [2.45, 2.75) is 6.04 Å². The molecule has 0 spiro atoms. The van der Waals surface area contributed by atoms with Gasteiger partial charge in [0.2, 0.25) is 0 Å². The summed E-state index contributed by atoms with van der Waals surface area (Å²) in [5.74, 6) is 0. The highest BCUT2D eigenvalue weighted by atomic mass is 14.9. The van der Waals surface area contributed by atoms with E-state index in [2.05, 4.69) is 230 Å². The van der Waals surface area contributed by atoms with E-state index in [-0.39, 0.29) is 6.04 Å². The Kier molecular flexibility index (Phi) is 8.92. The maximum absolute atomic E-state index is 5.01. The second kappa shape index (κ2) is 15.5. The predicted octanol–water partition coefficient (Wildman–Crippen LogP) is 13.6. The molecule has 11 aromatic rings. The first kappa shape index (κ1) is 37.9. The summed E-state index contributed by atoms with van der Waals surface area (Å²) in [4.78, 5) is 10.0. The number of nitrogens with one attached hydrogen (secondary N) is 1. The third-order valence-corrected chi connectivity index (χ3v) is 13.6. The molecule has 1 aliphatic heterocycles. The molecule has 0 radical (unpaired) electrons. The van der Waals surface area contributed by atoms with Gasteiger partial charge in [-0.3, -0.25) is 9.97 Å². The van der Waals surface area contributed by atoms with Gasteiger partial charge in [0.1, 0.15) is 0 Å². The van der Waals surface area contributed by atoms with Gasteiger partial charge in [0.25, 0.3) is 0 Å². The Hall–Kier alpha value is -8.66. The summed E-state index contributed by atoms with van der Waals surface area (Å²) in [5.41, 5.74) is 17.6. The number of nitrogens with zero attached hydrogens (tertiary/aromatic N) is 2. The number of fused-ring (bicyclic) bond motifs is 6. The Morgan fingerprint density at radius 2 is 0.742 bits per heavy atom. The topological polar surface area (TPSA) is 37.8 Å². The molecule has 1 unspecified atom stereocenters. The van der Waals surface area contributed by atoms with E-state index in [4.69, 9.17) is 9.97 Å². The van der Waals surface area contributed by atoms with Crippen molar-refractivity contribution < 1.29 is 0 Å². The fourth-order valence-electron chi connectivity index (χ4n) is 10.9. The van der Waals surface area contributed by atoms with E-state index in [1.807, 2.05) is 12.4 Å². The van der Waals surface area contributed by atoms with Crippen LogP contribution in [0.4, 0.5) is 0 Å². The number of aromatic nitrogens is 2. The van der Waals surface area contributed by atoms with Gasteiger partial charge >= 0.3 is 0 Å². The second-order valence-electron chi connectivity index (χ2n) is 17.2. The summed E-state index contributed by atoms with van der Waals surface area (Å²) in [7, 11) is 0. The number of hydrogen-bond acceptors (Lipinski definition) is 3. The standard InChI is InChI=1S/C63H41N3/c1-3-16-40(17-4-1)58-49-23-10-7-20-46(49)55(52-26-13-37-64-61(52)58)42-29-31-43(32-30-42)56-48-22-9-12-25-51(48)60(63-54(56)28-15-39-66-63)45-35-33-44(34-36-45)57-47-21-8-11-24-50(47)59(41-18-5-2-6-19-41)62-53(57)27-14-38-65-62/h1-39,63,66H. The third kappa shape index (κ3) is 5.98. The summed E-state index contributed by atoms with van der Waals surface area (Å²) >= 11 is 0. The molecule has 1 aliphatic carbocycles. The summed E-state index contributed by atoms with van der Waals surface area (Å²) in [6.07, 6.45) is 10.3. The summed E-state index contributed by atoms with van der Waals surface area (Å²) < 4.78 is 0. The lowest BCUT2D eigenvalue weighted by Crippen LogP contribution is -2.44. The molecule has 3 heterocycles. The molecule has 0 saturated carbocycles. The molecule has 13 rings (SSSR count). The number of benzene rings is 9. The zero-order valence-corrected chi connectivity index (χ0v) is 36.0. The van der Waals surface area contributed by atoms with Gasteiger partial charge < -0.3 is 5.32 Å². The number of dihydropyridines is 1. The lowest BCUT2D eigenvalue weighted by atomic mass is 9.78. The minimum absolute atomic E-state index is 0.0362. The maximum Gasteiger partial charge on any atom is 0.0792 e. The lowest BCUT2D eigenvalue weighted by Gasteiger charge is -2.32. The lowest BCUT2D eigenvalue weighted by molar-refractivity contribution is 0.808. The molecule has 1 N–H and O–H groups in total. The van der Waals surface area contributed by atoms with Gasteiger partial charge in [0.05, 0.1) is 17.1 Å². The van der Waals surface area contributed by atoms with Gasteiger partial charge in [-0.25, -0.2) is 0 Å². The van der Waals surface area contributed by atoms with Crippen molar-refractivity contribution in [3.8, 4) is 44.5 Å². The molecule has 3 heteroatoms. The summed E-state index contributed by atoms with van der Waals surface area (Å²) in [6.45, 7) is 0. The zero-order valence-electron chi connectivity index (χ0n) is 36.0. The fourth-order valence-corrected chi connectivity index (χ4v) is 10.9. The van der Waals surface area contributed by atoms with Crippen molar-refractivity contribution >= 4 is 54.5 Å². The molecule has 66 heavy (non-hydrogen) atoms. The van der Waals surface area contributed by atoms with Crippen LogP contribution in [-0.4, -0.2) is 16.0 Å². The highest BCUT2D eigenvalue weighted by Gasteiger charge is 2.30. The second-order valence-corrected chi connectivity index (χ2v) is 17.2. The molecule has 0 saturated heterocycles. The Morgan fingerprint density at radius 1 is 0.333 bits per heavy atom. The van der Waals surface area contributed by atoms with Crippen LogP contribution in [0.1, 0.15) is 11.1 Å². The Labute approximate surface area is 382 Å². The molecule has 2 aromatic heterocycles. The normalized spacial score (nSPS) is 14.3. The summed E-state index contributed by atoms with van der Waals surface area (Å²) in [5, 5.41) is 13.4. The average molecular weight is 840 g/mol. The van der Waals surface area contributed by atoms with Crippen molar-refractivity contribution in [3.05, 3.63) is 264 Å². The van der Waals surface area contributed by atoms with E-state index in [9.17, 15) is 0 Å². The molecular formula is C63H41N3. The quantitative estimate of drug-likeness (QED) is 0.170. The van der Waals surface area contributed by atoms with Crippen molar-refractivity contribution in [2.75, 3.05) is 0 Å². The van der Waals surface area contributed by atoms with E-state index < -0.39 is 0 Å². The molecule has 308 valence electrons. The summed E-state index contributed by atoms with van der Waals surface area (Å²) in [6, 6.07) is 74.8. The van der Waals surface area contributed by atoms with Gasteiger partial charge in [-0.15, -0.1) is 0 Å². The third-order valence-electron chi connectivity index (χ3n) is 13.6. The first-order valence-electron chi connectivity index (χ1n) is 22.7. The van der Waals surface area contributed by atoms with Gasteiger partial charge in [0.15, 0.2) is 0 Å². The van der Waals surface area contributed by atoms with Crippen LogP contribution in [0.2, 0.25) is 0 Å². The monoisotopic (exact) mass is 839 g/mol. The Balaban J connectivity index is 0.960. The first-order chi connectivity index (χ1) is 32.8. The first-order valence-corrected chi connectivity index (χ1v) is 22.7. The SMILES string of the molecule is C1=CNC2C(=C1)C(c1ccc(-c3c4ccccc4c(-c4ccccc4)c4ncccc34)cc1)=c1ccccc1=C2c1ccc(-c2c3ccccc3c(-c3ccccc3)c3ncccc23)cc1. The van der Waals surface area contributed by atoms with Crippen molar-refractivity contribution in [1.82, 2.24) is 15.3 Å². The van der Waals surface area contributed by atoms with Crippen LogP contribution in [-0.2, 0) is 0 Å². The van der Waals surface area contributed by atoms with Crippen molar-refractivity contribution in [1.29, 1.82) is 0 Å². The van der Waals surface area contributed by atoms with Gasteiger partial charge in [-0.1, -0.05) is 200 Å². The Bertz CT molecular complexity index is 3810. The van der Waals surface area contributed by atoms with Crippen LogP contribution < -0.4 is 15.8 Å². The van der Waals surface area contributed by atoms with Crippen LogP contribution >= 0.6 is 0 Å². The predicted molar refractivity (Wildman–Crippen MR) is 275 cm³/mol. The van der Waals surface area contributed by atoms with E-state index in [0.29, 0.717) is 0 Å². The van der Waals surface area contributed by atoms with Gasteiger partial charge in [0, 0.05) is 34.3 Å². The van der Waals surface area contributed by atoms with Gasteiger partial charge in [-0.05, 0) is 118 Å². The van der Waals surface area contributed by atoms with Crippen LogP contribution in [0, 0.1) is 0 Å². The number of allylic oxidation sites excluding steroid dienone is 2. The minimum atomic E-state index is -0.0362. The van der Waals surface area contributed by atoms with E-state index >= 15 is 0 Å². The number of rotatable bonds is 6. The molecule has 2 aliphatic rings. The van der Waals surface area contributed by atoms with Crippen LogP contribution in [0.3, 0.4) is 0 Å². The largest absolute Gasteiger partial charge is 0.380 e. The fraction of sp³-hybridized carbons (Fsp3) is 0.0159. The molecule has 0 amide bonds. The van der Waals surface area contributed by atoms with Crippen molar-refractivity contribution in [2.24, 2.45) is 0 Å². The highest BCUT2D eigenvalue weighted by molar-refractivity contribution is 6.21. The maximum atomic E-state index is 5.01. The van der Waals surface area contributed by atoms with Crippen molar-refractivity contribution in [3.63, 3.8) is 0 Å². The Morgan fingerprint density at radius 3 is 1.27 bits per heavy atom. The highest BCUT2D eigenvalue weighted by Crippen LogP contribution is 2.45. The molecule has 0 fully saturated rings. The van der Waals surface area contributed by atoms with Crippen LogP contribution in [0.5, 0.6) is 0 Å². The molecule has 9 aromatic carbocycles. The van der Waals surface area contributed by atoms with Crippen LogP contribution in [0.25, 0.3) is 99.0 Å². The molecule has 0 bridgehead atoms.